The van der Waals surface area contributed by atoms with Crippen molar-refractivity contribution < 1.29 is 14.3 Å². The molecule has 0 atom stereocenters. The van der Waals surface area contributed by atoms with Crippen molar-refractivity contribution in [3.8, 4) is 5.75 Å². The first-order valence-corrected chi connectivity index (χ1v) is 8.82. The molecule has 26 heavy (non-hydrogen) atoms. The first-order chi connectivity index (χ1) is 12.5. The van der Waals surface area contributed by atoms with E-state index in [1.165, 1.54) is 0 Å². The molecule has 0 aromatic heterocycles. The Labute approximate surface area is 158 Å². The van der Waals surface area contributed by atoms with Crippen LogP contribution in [-0.4, -0.2) is 32.0 Å². The zero-order valence-corrected chi connectivity index (χ0v) is 15.7. The molecule has 0 fully saturated rings. The van der Waals surface area contributed by atoms with Gasteiger partial charge in [0.2, 0.25) is 5.91 Å². The monoisotopic (exact) mass is 374 g/mol. The summed E-state index contributed by atoms with van der Waals surface area (Å²) in [7, 11) is 1.63. The molecule has 0 saturated carbocycles. The average Bonchev–Trinajstić information content (AvgIpc) is 2.62. The van der Waals surface area contributed by atoms with Crippen LogP contribution in [0.2, 0.25) is 5.02 Å². The number of hydrogen-bond donors (Lipinski definition) is 2. The van der Waals surface area contributed by atoms with Gasteiger partial charge < -0.3 is 15.4 Å². The van der Waals surface area contributed by atoms with E-state index in [4.69, 9.17) is 16.3 Å². The van der Waals surface area contributed by atoms with Crippen molar-refractivity contribution >= 4 is 23.4 Å². The summed E-state index contributed by atoms with van der Waals surface area (Å²) in [6.45, 7) is 2.78. The number of carbonyl (C=O) groups excluding carboxylic acids is 2. The first-order valence-electron chi connectivity index (χ1n) is 8.44. The summed E-state index contributed by atoms with van der Waals surface area (Å²) >= 11 is 5.97. The zero-order valence-electron chi connectivity index (χ0n) is 15.0. The SMILES string of the molecule is COc1ccc(C)cc1CCNC(=O)CCNC(=O)c1ccccc1Cl. The molecule has 0 radical (unpaired) electrons. The summed E-state index contributed by atoms with van der Waals surface area (Å²) in [4.78, 5) is 23.9. The van der Waals surface area contributed by atoms with E-state index in [1.807, 2.05) is 19.1 Å². The van der Waals surface area contributed by atoms with Crippen molar-refractivity contribution in [3.05, 3.63) is 64.2 Å². The lowest BCUT2D eigenvalue weighted by Crippen LogP contribution is -2.31. The van der Waals surface area contributed by atoms with Crippen LogP contribution in [0.4, 0.5) is 0 Å². The van der Waals surface area contributed by atoms with E-state index in [2.05, 4.69) is 16.7 Å². The van der Waals surface area contributed by atoms with Crippen LogP contribution in [0.25, 0.3) is 0 Å². The maximum absolute atomic E-state index is 12.0. The largest absolute Gasteiger partial charge is 0.496 e. The lowest BCUT2D eigenvalue weighted by atomic mass is 10.1. The van der Waals surface area contributed by atoms with Gasteiger partial charge in [0.05, 0.1) is 17.7 Å². The quantitative estimate of drug-likeness (QED) is 0.746. The highest BCUT2D eigenvalue weighted by atomic mass is 35.5. The van der Waals surface area contributed by atoms with E-state index in [9.17, 15) is 9.59 Å². The molecule has 2 rings (SSSR count). The summed E-state index contributed by atoms with van der Waals surface area (Å²) in [5.41, 5.74) is 2.61. The fraction of sp³-hybridized carbons (Fsp3) is 0.300. The van der Waals surface area contributed by atoms with Crippen molar-refractivity contribution in [2.24, 2.45) is 0 Å². The lowest BCUT2D eigenvalue weighted by molar-refractivity contribution is -0.120. The molecule has 0 aliphatic carbocycles. The van der Waals surface area contributed by atoms with Crippen molar-refractivity contribution in [1.29, 1.82) is 0 Å². The van der Waals surface area contributed by atoms with Gasteiger partial charge in [0, 0.05) is 19.5 Å². The molecule has 2 amide bonds. The smallest absolute Gasteiger partial charge is 0.252 e. The van der Waals surface area contributed by atoms with Crippen LogP contribution in [0.1, 0.15) is 27.9 Å². The van der Waals surface area contributed by atoms with Gasteiger partial charge in [-0.1, -0.05) is 41.4 Å². The van der Waals surface area contributed by atoms with Gasteiger partial charge in [0.15, 0.2) is 0 Å². The summed E-state index contributed by atoms with van der Waals surface area (Å²) in [5.74, 6) is 0.417. The Morgan fingerprint density at radius 2 is 1.85 bits per heavy atom. The highest BCUT2D eigenvalue weighted by Gasteiger charge is 2.10. The Morgan fingerprint density at radius 1 is 1.08 bits per heavy atom. The van der Waals surface area contributed by atoms with Gasteiger partial charge in [-0.15, -0.1) is 0 Å². The summed E-state index contributed by atoms with van der Waals surface area (Å²) in [5, 5.41) is 5.95. The van der Waals surface area contributed by atoms with Crippen molar-refractivity contribution in [3.63, 3.8) is 0 Å². The molecule has 0 unspecified atom stereocenters. The Hall–Kier alpha value is -2.53. The van der Waals surface area contributed by atoms with E-state index in [0.29, 0.717) is 23.6 Å². The second-order valence-corrected chi connectivity index (χ2v) is 6.31. The van der Waals surface area contributed by atoms with E-state index >= 15 is 0 Å². The molecule has 6 heteroatoms. The Kier molecular flexibility index (Phi) is 7.48. The third kappa shape index (κ3) is 5.77. The fourth-order valence-electron chi connectivity index (χ4n) is 2.56. The molecule has 0 saturated heterocycles. The van der Waals surface area contributed by atoms with Gasteiger partial charge in [0.1, 0.15) is 5.75 Å². The maximum Gasteiger partial charge on any atom is 0.252 e. The number of methoxy groups -OCH3 is 1. The van der Waals surface area contributed by atoms with Crippen LogP contribution < -0.4 is 15.4 Å². The normalized spacial score (nSPS) is 10.3. The second kappa shape index (κ2) is 9.82. The van der Waals surface area contributed by atoms with Crippen LogP contribution in [0.3, 0.4) is 0 Å². The van der Waals surface area contributed by atoms with Crippen LogP contribution >= 0.6 is 11.6 Å². The van der Waals surface area contributed by atoms with Gasteiger partial charge in [-0.2, -0.15) is 0 Å². The maximum atomic E-state index is 12.0. The summed E-state index contributed by atoms with van der Waals surface area (Å²) in [6.07, 6.45) is 0.893. The minimum atomic E-state index is -0.284. The third-order valence-corrected chi connectivity index (χ3v) is 4.24. The lowest BCUT2D eigenvalue weighted by Gasteiger charge is -2.11. The van der Waals surface area contributed by atoms with Crippen molar-refractivity contribution in [2.75, 3.05) is 20.2 Å². The number of halogens is 1. The molecule has 2 aromatic carbocycles. The molecule has 0 spiro atoms. The molecule has 0 bridgehead atoms. The van der Waals surface area contributed by atoms with Crippen LogP contribution in [0.15, 0.2) is 42.5 Å². The minimum Gasteiger partial charge on any atom is -0.496 e. The van der Waals surface area contributed by atoms with Gasteiger partial charge in [0.25, 0.3) is 5.91 Å². The van der Waals surface area contributed by atoms with Crippen molar-refractivity contribution in [1.82, 2.24) is 10.6 Å². The number of ether oxygens (including phenoxy) is 1. The molecule has 138 valence electrons. The summed E-state index contributed by atoms with van der Waals surface area (Å²) < 4.78 is 5.33. The molecular formula is C20H23ClN2O3. The van der Waals surface area contributed by atoms with Crippen LogP contribution in [0, 0.1) is 6.92 Å². The van der Waals surface area contributed by atoms with Crippen LogP contribution in [-0.2, 0) is 11.2 Å². The third-order valence-electron chi connectivity index (χ3n) is 3.91. The van der Waals surface area contributed by atoms with Gasteiger partial charge >= 0.3 is 0 Å². The fourth-order valence-corrected chi connectivity index (χ4v) is 2.78. The van der Waals surface area contributed by atoms with E-state index in [-0.39, 0.29) is 24.8 Å². The first kappa shape index (κ1) is 19.8. The number of aryl methyl sites for hydroxylation is 1. The molecule has 2 N–H and O–H groups in total. The standard InChI is InChI=1S/C20H23ClN2O3/c1-14-7-8-18(26-2)15(13-14)9-11-22-19(24)10-12-23-20(25)16-5-3-4-6-17(16)21/h3-8,13H,9-12H2,1-2H3,(H,22,24)(H,23,25). The van der Waals surface area contributed by atoms with Gasteiger partial charge in [-0.05, 0) is 37.1 Å². The van der Waals surface area contributed by atoms with Gasteiger partial charge in [-0.25, -0.2) is 0 Å². The van der Waals surface area contributed by atoms with Gasteiger partial charge in [-0.3, -0.25) is 9.59 Å². The second-order valence-electron chi connectivity index (χ2n) is 5.90. The number of hydrogen-bond acceptors (Lipinski definition) is 3. The highest BCUT2D eigenvalue weighted by molar-refractivity contribution is 6.33. The van der Waals surface area contributed by atoms with Crippen molar-refractivity contribution in [2.45, 2.75) is 19.8 Å². The van der Waals surface area contributed by atoms with Crippen LogP contribution in [0.5, 0.6) is 5.75 Å². The summed E-state index contributed by atoms with van der Waals surface area (Å²) in [6, 6.07) is 12.8. The molecule has 0 heterocycles. The van der Waals surface area contributed by atoms with E-state index < -0.39 is 0 Å². The van der Waals surface area contributed by atoms with E-state index in [1.54, 1.807) is 31.4 Å². The number of amides is 2. The average molecular weight is 375 g/mol. The number of rotatable bonds is 8. The highest BCUT2D eigenvalue weighted by Crippen LogP contribution is 2.19. The molecular weight excluding hydrogens is 352 g/mol. The molecule has 0 aliphatic heterocycles. The molecule has 5 nitrogen and oxygen atoms in total. The minimum absolute atomic E-state index is 0.115. The molecule has 2 aromatic rings. The Bertz CT molecular complexity index is 777. The zero-order chi connectivity index (χ0) is 18.9. The number of carbonyl (C=O) groups is 2. The Morgan fingerprint density at radius 3 is 2.58 bits per heavy atom. The number of nitrogens with one attached hydrogen (secondary N) is 2. The number of benzene rings is 2. The Balaban J connectivity index is 1.72. The predicted octanol–water partition coefficient (Wildman–Crippen LogP) is 3.14. The molecule has 0 aliphatic rings. The topological polar surface area (TPSA) is 67.4 Å². The predicted molar refractivity (Wildman–Crippen MR) is 103 cm³/mol. The van der Waals surface area contributed by atoms with E-state index in [0.717, 1.165) is 16.9 Å².